The Morgan fingerprint density at radius 3 is 2.62 bits per heavy atom. The summed E-state index contributed by atoms with van der Waals surface area (Å²) in [6.45, 7) is 4.13. The summed E-state index contributed by atoms with van der Waals surface area (Å²) in [7, 11) is 0. The molecule has 0 radical (unpaired) electrons. The molecule has 0 atom stereocenters. The highest BCUT2D eigenvalue weighted by Crippen LogP contribution is 2.38. The first kappa shape index (κ1) is 9.41. The van der Waals surface area contributed by atoms with Crippen LogP contribution in [-0.4, -0.2) is 0 Å². The van der Waals surface area contributed by atoms with E-state index in [2.05, 4.69) is 55.1 Å². The van der Waals surface area contributed by atoms with E-state index in [0.717, 1.165) is 12.8 Å². The van der Waals surface area contributed by atoms with Gasteiger partial charge >= 0.3 is 0 Å². The van der Waals surface area contributed by atoms with Crippen molar-refractivity contribution in [3.63, 3.8) is 0 Å². The van der Waals surface area contributed by atoms with Crippen molar-refractivity contribution in [3.05, 3.63) is 77.4 Å². The summed E-state index contributed by atoms with van der Waals surface area (Å²) in [5.41, 5.74) is 6.79. The minimum absolute atomic E-state index is 0.997. The summed E-state index contributed by atoms with van der Waals surface area (Å²) in [4.78, 5) is 0. The van der Waals surface area contributed by atoms with Crippen LogP contribution in [0.15, 0.2) is 71.9 Å². The highest BCUT2D eigenvalue weighted by Gasteiger charge is 2.18. The van der Waals surface area contributed by atoms with E-state index < -0.39 is 0 Å². The van der Waals surface area contributed by atoms with E-state index >= 15 is 0 Å². The summed E-state index contributed by atoms with van der Waals surface area (Å²) < 4.78 is 0. The lowest BCUT2D eigenvalue weighted by Gasteiger charge is -2.09. The van der Waals surface area contributed by atoms with Crippen LogP contribution in [-0.2, 0) is 0 Å². The topological polar surface area (TPSA) is 0 Å². The molecule has 2 aliphatic rings. The maximum Gasteiger partial charge on any atom is -0.00137 e. The summed E-state index contributed by atoms with van der Waals surface area (Å²) in [6, 6.07) is 10.6. The van der Waals surface area contributed by atoms with E-state index in [0.29, 0.717) is 0 Å². The van der Waals surface area contributed by atoms with Crippen LogP contribution in [0.5, 0.6) is 0 Å². The van der Waals surface area contributed by atoms with E-state index in [1.165, 1.54) is 27.9 Å². The van der Waals surface area contributed by atoms with Gasteiger partial charge in [0, 0.05) is 0 Å². The van der Waals surface area contributed by atoms with Gasteiger partial charge in [-0.3, -0.25) is 0 Å². The van der Waals surface area contributed by atoms with Crippen molar-refractivity contribution >= 4 is 5.57 Å². The molecule has 3 rings (SSSR count). The Balaban J connectivity index is 1.97. The molecule has 0 aromatic heterocycles. The molecule has 78 valence electrons. The van der Waals surface area contributed by atoms with Gasteiger partial charge in [0.25, 0.3) is 0 Å². The van der Waals surface area contributed by atoms with Crippen LogP contribution < -0.4 is 0 Å². The fourth-order valence-corrected chi connectivity index (χ4v) is 2.39. The Bertz CT molecular complexity index is 524. The van der Waals surface area contributed by atoms with Gasteiger partial charge in [0.15, 0.2) is 0 Å². The van der Waals surface area contributed by atoms with Crippen LogP contribution in [0.2, 0.25) is 0 Å². The molecule has 0 nitrogen and oxygen atoms in total. The van der Waals surface area contributed by atoms with Crippen molar-refractivity contribution in [3.8, 4) is 0 Å². The Morgan fingerprint density at radius 2 is 1.88 bits per heavy atom. The molecule has 1 aromatic rings. The second kappa shape index (κ2) is 3.64. The predicted octanol–water partition coefficient (Wildman–Crippen LogP) is 4.29. The highest BCUT2D eigenvalue weighted by atomic mass is 14.2. The normalized spacial score (nSPS) is 18.8. The van der Waals surface area contributed by atoms with Crippen LogP contribution in [0.1, 0.15) is 18.4 Å². The number of rotatable bonds is 1. The molecule has 0 unspecified atom stereocenters. The lowest BCUT2D eigenvalue weighted by Crippen LogP contribution is -1.90. The number of hydrogen-bond donors (Lipinski definition) is 0. The minimum atomic E-state index is 0.997. The van der Waals surface area contributed by atoms with Crippen LogP contribution in [0.4, 0.5) is 0 Å². The second-order valence-corrected chi connectivity index (χ2v) is 4.36. The first-order valence-electron chi connectivity index (χ1n) is 5.68. The van der Waals surface area contributed by atoms with Gasteiger partial charge in [-0.2, -0.15) is 0 Å². The smallest absolute Gasteiger partial charge is 0.00137 e. The molecule has 0 fully saturated rings. The van der Waals surface area contributed by atoms with Gasteiger partial charge in [0.05, 0.1) is 0 Å². The summed E-state index contributed by atoms with van der Waals surface area (Å²) in [6.07, 6.45) is 8.81. The quantitative estimate of drug-likeness (QED) is 0.643. The predicted molar refractivity (Wildman–Crippen MR) is 69.0 cm³/mol. The van der Waals surface area contributed by atoms with E-state index in [1.807, 2.05) is 0 Å². The molecule has 1 aromatic carbocycles. The van der Waals surface area contributed by atoms with Crippen LogP contribution in [0.25, 0.3) is 5.57 Å². The third kappa shape index (κ3) is 1.47. The van der Waals surface area contributed by atoms with Gasteiger partial charge in [-0.1, -0.05) is 55.1 Å². The van der Waals surface area contributed by atoms with Crippen molar-refractivity contribution in [1.82, 2.24) is 0 Å². The molecule has 0 heterocycles. The largest absolute Gasteiger partial charge is 0.0949 e. The van der Waals surface area contributed by atoms with Gasteiger partial charge in [-0.05, 0) is 40.7 Å². The lowest BCUT2D eigenvalue weighted by molar-refractivity contribution is 1.18. The average molecular weight is 206 g/mol. The highest BCUT2D eigenvalue weighted by molar-refractivity contribution is 5.78. The molecular weight excluding hydrogens is 192 g/mol. The van der Waals surface area contributed by atoms with E-state index in [-0.39, 0.29) is 0 Å². The molecule has 0 saturated heterocycles. The SMILES string of the molecule is C=C1CC=CC2=C1C=C(c1ccccc1)C2. The maximum absolute atomic E-state index is 4.13. The first-order valence-corrected chi connectivity index (χ1v) is 5.68. The average Bonchev–Trinajstić information content (AvgIpc) is 2.76. The molecule has 0 aliphatic heterocycles. The van der Waals surface area contributed by atoms with E-state index in [4.69, 9.17) is 0 Å². The molecule has 0 spiro atoms. The van der Waals surface area contributed by atoms with E-state index in [1.54, 1.807) is 0 Å². The molecule has 0 amide bonds. The van der Waals surface area contributed by atoms with Crippen LogP contribution >= 0.6 is 0 Å². The third-order valence-electron chi connectivity index (χ3n) is 3.25. The lowest BCUT2D eigenvalue weighted by atomic mass is 9.96. The fourth-order valence-electron chi connectivity index (χ4n) is 2.39. The maximum atomic E-state index is 4.13. The molecular formula is C16H14. The van der Waals surface area contributed by atoms with Gasteiger partial charge in [0.2, 0.25) is 0 Å². The van der Waals surface area contributed by atoms with Crippen molar-refractivity contribution in [2.75, 3.05) is 0 Å². The number of allylic oxidation sites excluding steroid dienone is 7. The van der Waals surface area contributed by atoms with Crippen molar-refractivity contribution in [2.24, 2.45) is 0 Å². The van der Waals surface area contributed by atoms with Gasteiger partial charge in [-0.15, -0.1) is 0 Å². The monoisotopic (exact) mass is 206 g/mol. The molecule has 0 saturated carbocycles. The zero-order valence-electron chi connectivity index (χ0n) is 9.24. The number of benzene rings is 1. The van der Waals surface area contributed by atoms with Crippen LogP contribution in [0.3, 0.4) is 0 Å². The Hall–Kier alpha value is -1.82. The van der Waals surface area contributed by atoms with Crippen LogP contribution in [0, 0.1) is 0 Å². The van der Waals surface area contributed by atoms with Crippen molar-refractivity contribution in [2.45, 2.75) is 12.8 Å². The zero-order chi connectivity index (χ0) is 11.0. The molecule has 0 bridgehead atoms. The van der Waals surface area contributed by atoms with Gasteiger partial charge in [-0.25, -0.2) is 0 Å². The third-order valence-corrected chi connectivity index (χ3v) is 3.25. The summed E-state index contributed by atoms with van der Waals surface area (Å²) in [5.74, 6) is 0. The standard InChI is InChI=1S/C16H14/c1-12-6-5-9-14-10-15(11-16(12)14)13-7-3-2-4-8-13/h2-5,7-9,11H,1,6,10H2. The minimum Gasteiger partial charge on any atom is -0.0949 e. The van der Waals surface area contributed by atoms with E-state index in [9.17, 15) is 0 Å². The van der Waals surface area contributed by atoms with Crippen molar-refractivity contribution < 1.29 is 0 Å². The van der Waals surface area contributed by atoms with Gasteiger partial charge in [0.1, 0.15) is 0 Å². The molecule has 0 heteroatoms. The second-order valence-electron chi connectivity index (χ2n) is 4.36. The Labute approximate surface area is 96.3 Å². The van der Waals surface area contributed by atoms with Crippen molar-refractivity contribution in [1.29, 1.82) is 0 Å². The Kier molecular flexibility index (Phi) is 2.14. The molecule has 0 N–H and O–H groups in total. The van der Waals surface area contributed by atoms with Gasteiger partial charge < -0.3 is 0 Å². The number of hydrogen-bond acceptors (Lipinski definition) is 0. The summed E-state index contributed by atoms with van der Waals surface area (Å²) in [5, 5.41) is 0. The fraction of sp³-hybridized carbons (Fsp3) is 0.125. The first-order chi connectivity index (χ1) is 7.84. The summed E-state index contributed by atoms with van der Waals surface area (Å²) >= 11 is 0. The Morgan fingerprint density at radius 1 is 1.06 bits per heavy atom. The zero-order valence-corrected chi connectivity index (χ0v) is 9.24. The molecule has 2 aliphatic carbocycles. The molecule has 16 heavy (non-hydrogen) atoms.